The predicted octanol–water partition coefficient (Wildman–Crippen LogP) is 4.51. The van der Waals surface area contributed by atoms with Crippen LogP contribution in [0.3, 0.4) is 0 Å². The minimum atomic E-state index is -0.484. The van der Waals surface area contributed by atoms with Gasteiger partial charge in [0.05, 0.1) is 22.0 Å². The van der Waals surface area contributed by atoms with Crippen molar-refractivity contribution in [2.24, 2.45) is 5.73 Å². The van der Waals surface area contributed by atoms with Crippen molar-refractivity contribution in [3.05, 3.63) is 57.8 Å². The summed E-state index contributed by atoms with van der Waals surface area (Å²) in [6.07, 6.45) is 0. The zero-order valence-corrected chi connectivity index (χ0v) is 11.9. The summed E-state index contributed by atoms with van der Waals surface area (Å²) in [7, 11) is 0. The maximum atomic E-state index is 13.7. The molecule has 0 heterocycles. The number of nitrogens with two attached hydrogens (primary N) is 1. The van der Waals surface area contributed by atoms with Gasteiger partial charge in [0.2, 0.25) is 0 Å². The fraction of sp³-hybridized carbons (Fsp3) is 0. The molecule has 0 aliphatic carbocycles. The fourth-order valence-electron chi connectivity index (χ4n) is 1.61. The minimum Gasteiger partial charge on any atom is -0.389 e. The van der Waals surface area contributed by atoms with Crippen LogP contribution in [0.1, 0.15) is 5.56 Å². The number of anilines is 2. The quantitative estimate of drug-likeness (QED) is 0.819. The summed E-state index contributed by atoms with van der Waals surface area (Å²) in [6, 6.07) is 9.48. The van der Waals surface area contributed by atoms with E-state index in [1.807, 2.05) is 0 Å². The molecule has 2 aromatic carbocycles. The maximum Gasteiger partial charge on any atom is 0.135 e. The van der Waals surface area contributed by atoms with Gasteiger partial charge in [0, 0.05) is 5.02 Å². The second kappa shape index (κ2) is 5.74. The summed E-state index contributed by atoms with van der Waals surface area (Å²) in [5.74, 6) is -0.484. The highest BCUT2D eigenvalue weighted by Gasteiger charge is 2.12. The molecule has 2 aromatic rings. The Kier molecular flexibility index (Phi) is 4.24. The Labute approximate surface area is 125 Å². The topological polar surface area (TPSA) is 38.0 Å². The molecule has 0 amide bonds. The molecular weight excluding hydrogens is 306 g/mol. The first-order valence-corrected chi connectivity index (χ1v) is 6.46. The molecule has 0 aliphatic rings. The van der Waals surface area contributed by atoms with Crippen LogP contribution in [-0.2, 0) is 0 Å². The molecule has 0 spiro atoms. The van der Waals surface area contributed by atoms with Gasteiger partial charge in [-0.1, -0.05) is 41.5 Å². The van der Waals surface area contributed by atoms with Crippen molar-refractivity contribution in [2.45, 2.75) is 0 Å². The predicted molar refractivity (Wildman–Crippen MR) is 82.0 cm³/mol. The van der Waals surface area contributed by atoms with Gasteiger partial charge < -0.3 is 11.1 Å². The van der Waals surface area contributed by atoms with E-state index < -0.39 is 5.82 Å². The lowest BCUT2D eigenvalue weighted by molar-refractivity contribution is 0.626. The van der Waals surface area contributed by atoms with Gasteiger partial charge >= 0.3 is 0 Å². The van der Waals surface area contributed by atoms with E-state index in [1.54, 1.807) is 30.3 Å². The fourth-order valence-corrected chi connectivity index (χ4v) is 2.28. The average Bonchev–Trinajstić information content (AvgIpc) is 2.32. The normalized spacial score (nSPS) is 10.3. The third-order valence-electron chi connectivity index (χ3n) is 2.46. The van der Waals surface area contributed by atoms with Crippen LogP contribution < -0.4 is 11.1 Å². The number of thiocarbonyl (C=S) groups is 1. The molecular formula is C13H9Cl2FN2S. The van der Waals surface area contributed by atoms with Gasteiger partial charge in [-0.15, -0.1) is 0 Å². The minimum absolute atomic E-state index is 0.0225. The zero-order chi connectivity index (χ0) is 14.0. The van der Waals surface area contributed by atoms with Crippen molar-refractivity contribution < 1.29 is 4.39 Å². The second-order valence-corrected chi connectivity index (χ2v) is 5.06. The lowest BCUT2D eigenvalue weighted by Gasteiger charge is -2.13. The zero-order valence-electron chi connectivity index (χ0n) is 9.58. The van der Waals surface area contributed by atoms with Gasteiger partial charge in [-0.25, -0.2) is 4.39 Å². The monoisotopic (exact) mass is 314 g/mol. The number of hydrogen-bond donors (Lipinski definition) is 2. The molecule has 2 rings (SSSR count). The van der Waals surface area contributed by atoms with Crippen LogP contribution in [0.25, 0.3) is 0 Å². The van der Waals surface area contributed by atoms with Crippen LogP contribution in [0.15, 0.2) is 36.4 Å². The van der Waals surface area contributed by atoms with Gasteiger partial charge in [-0.2, -0.15) is 0 Å². The summed E-state index contributed by atoms with van der Waals surface area (Å²) in [5, 5.41) is 3.93. The van der Waals surface area contributed by atoms with Crippen molar-refractivity contribution in [3.63, 3.8) is 0 Å². The summed E-state index contributed by atoms with van der Waals surface area (Å²) in [6.45, 7) is 0. The largest absolute Gasteiger partial charge is 0.389 e. The van der Waals surface area contributed by atoms with E-state index >= 15 is 0 Å². The standard InChI is InChI=1S/C13H9Cl2FN2S/c14-7-4-5-10(8(15)6-7)18-11-3-1-2-9(16)12(11)13(17)19/h1-6,18H,(H2,17,19). The molecule has 0 radical (unpaired) electrons. The van der Waals surface area contributed by atoms with Gasteiger partial charge in [0.25, 0.3) is 0 Å². The number of hydrogen-bond acceptors (Lipinski definition) is 2. The third kappa shape index (κ3) is 3.15. The van der Waals surface area contributed by atoms with Crippen LogP contribution in [-0.4, -0.2) is 4.99 Å². The SMILES string of the molecule is NC(=S)c1c(F)cccc1Nc1ccc(Cl)cc1Cl. The van der Waals surface area contributed by atoms with Gasteiger partial charge in [0.15, 0.2) is 0 Å². The van der Waals surface area contributed by atoms with E-state index in [0.717, 1.165) is 0 Å². The maximum absolute atomic E-state index is 13.7. The van der Waals surface area contributed by atoms with Crippen molar-refractivity contribution in [2.75, 3.05) is 5.32 Å². The van der Waals surface area contributed by atoms with Crippen LogP contribution >= 0.6 is 35.4 Å². The highest BCUT2D eigenvalue weighted by Crippen LogP contribution is 2.30. The number of nitrogens with one attached hydrogen (secondary N) is 1. The Morgan fingerprint density at radius 2 is 1.89 bits per heavy atom. The second-order valence-electron chi connectivity index (χ2n) is 3.78. The van der Waals surface area contributed by atoms with E-state index in [-0.39, 0.29) is 10.6 Å². The van der Waals surface area contributed by atoms with E-state index in [1.165, 1.54) is 6.07 Å². The molecule has 0 atom stereocenters. The first-order chi connectivity index (χ1) is 8.99. The first kappa shape index (κ1) is 14.1. The van der Waals surface area contributed by atoms with Crippen molar-refractivity contribution in [1.82, 2.24) is 0 Å². The smallest absolute Gasteiger partial charge is 0.135 e. The van der Waals surface area contributed by atoms with E-state index in [0.29, 0.717) is 21.4 Å². The van der Waals surface area contributed by atoms with Gasteiger partial charge in [0.1, 0.15) is 10.8 Å². The van der Waals surface area contributed by atoms with E-state index in [9.17, 15) is 4.39 Å². The summed E-state index contributed by atoms with van der Waals surface area (Å²) in [4.78, 5) is -0.0225. The van der Waals surface area contributed by atoms with Crippen LogP contribution in [0.4, 0.5) is 15.8 Å². The molecule has 0 aliphatic heterocycles. The molecule has 6 heteroatoms. The summed E-state index contributed by atoms with van der Waals surface area (Å²) >= 11 is 16.7. The number of benzene rings is 2. The molecule has 19 heavy (non-hydrogen) atoms. The molecule has 0 bridgehead atoms. The molecule has 0 saturated carbocycles. The third-order valence-corrected chi connectivity index (χ3v) is 3.21. The van der Waals surface area contributed by atoms with E-state index in [4.69, 9.17) is 41.2 Å². The molecule has 0 saturated heterocycles. The Balaban J connectivity index is 2.44. The van der Waals surface area contributed by atoms with Crippen molar-refractivity contribution >= 4 is 51.8 Å². The molecule has 0 fully saturated rings. The molecule has 0 unspecified atom stereocenters. The average molecular weight is 315 g/mol. The lowest BCUT2D eigenvalue weighted by Crippen LogP contribution is -2.14. The molecule has 3 N–H and O–H groups in total. The number of rotatable bonds is 3. The Morgan fingerprint density at radius 1 is 1.16 bits per heavy atom. The number of halogens is 3. The highest BCUT2D eigenvalue weighted by molar-refractivity contribution is 7.80. The van der Waals surface area contributed by atoms with Crippen LogP contribution in [0.2, 0.25) is 10.0 Å². The van der Waals surface area contributed by atoms with Crippen LogP contribution in [0, 0.1) is 5.82 Å². The van der Waals surface area contributed by atoms with Crippen LogP contribution in [0.5, 0.6) is 0 Å². The van der Waals surface area contributed by atoms with E-state index in [2.05, 4.69) is 5.32 Å². The molecule has 2 nitrogen and oxygen atoms in total. The molecule has 98 valence electrons. The molecule has 0 aromatic heterocycles. The summed E-state index contributed by atoms with van der Waals surface area (Å²) in [5.41, 5.74) is 6.73. The van der Waals surface area contributed by atoms with Crippen molar-refractivity contribution in [3.8, 4) is 0 Å². The lowest BCUT2D eigenvalue weighted by atomic mass is 10.1. The van der Waals surface area contributed by atoms with Gasteiger partial charge in [-0.05, 0) is 30.3 Å². The van der Waals surface area contributed by atoms with Crippen molar-refractivity contribution in [1.29, 1.82) is 0 Å². The highest BCUT2D eigenvalue weighted by atomic mass is 35.5. The Hall–Kier alpha value is -1.36. The Bertz CT molecular complexity index is 647. The summed E-state index contributed by atoms with van der Waals surface area (Å²) < 4.78 is 13.7. The Morgan fingerprint density at radius 3 is 2.53 bits per heavy atom. The van der Waals surface area contributed by atoms with Gasteiger partial charge in [-0.3, -0.25) is 0 Å². The first-order valence-electron chi connectivity index (χ1n) is 5.29.